The maximum Gasteiger partial charge on any atom is 0.289 e. The van der Waals surface area contributed by atoms with E-state index in [9.17, 15) is 9.90 Å². The molecule has 0 saturated carbocycles. The Morgan fingerprint density at radius 2 is 1.84 bits per heavy atom. The van der Waals surface area contributed by atoms with Gasteiger partial charge in [-0.3, -0.25) is 9.89 Å². The number of nitrogens with zero attached hydrogens (tertiary/aromatic N) is 2. The summed E-state index contributed by atoms with van der Waals surface area (Å²) in [4.78, 5) is 12.6. The number of rotatable bonds is 8. The van der Waals surface area contributed by atoms with Gasteiger partial charge in [-0.05, 0) is 53.6 Å². The Hall–Kier alpha value is -5.11. The summed E-state index contributed by atoms with van der Waals surface area (Å²) in [5, 5.41) is 23.1. The summed E-state index contributed by atoms with van der Waals surface area (Å²) < 4.78 is 11.5. The molecule has 3 N–H and O–H groups in total. The molecule has 0 aliphatic carbocycles. The van der Waals surface area contributed by atoms with E-state index in [2.05, 4.69) is 20.7 Å². The number of ether oxygens (including phenoxy) is 2. The monoisotopic (exact) mass is 506 g/mol. The molecule has 1 heterocycles. The molecular formula is C30H26N4O4. The Labute approximate surface area is 219 Å². The fraction of sp³-hybridized carbons (Fsp3) is 0.100. The number of aromatic amines is 1. The molecule has 0 unspecified atom stereocenters. The summed E-state index contributed by atoms with van der Waals surface area (Å²) in [6, 6.07) is 26.3. The zero-order valence-corrected chi connectivity index (χ0v) is 20.9. The Morgan fingerprint density at radius 1 is 1.03 bits per heavy atom. The lowest BCUT2D eigenvalue weighted by molar-refractivity contribution is 0.0950. The molecule has 1 amide bonds. The number of fused-ring (bicyclic) bond motifs is 1. The van der Waals surface area contributed by atoms with Gasteiger partial charge in [0, 0.05) is 11.1 Å². The van der Waals surface area contributed by atoms with Crippen molar-refractivity contribution in [2.45, 2.75) is 13.5 Å². The van der Waals surface area contributed by atoms with Crippen molar-refractivity contribution in [2.75, 3.05) is 7.11 Å². The number of phenols is 1. The molecule has 8 heteroatoms. The molecular weight excluding hydrogens is 480 g/mol. The molecule has 0 aliphatic rings. The zero-order chi connectivity index (χ0) is 26.5. The Morgan fingerprint density at radius 3 is 2.66 bits per heavy atom. The summed E-state index contributed by atoms with van der Waals surface area (Å²) in [5.74, 6) is 0.773. The number of amides is 1. The number of nitrogens with one attached hydrogen (secondary N) is 2. The van der Waals surface area contributed by atoms with Gasteiger partial charge in [-0.15, -0.1) is 0 Å². The number of aryl methyl sites for hydroxylation is 1. The van der Waals surface area contributed by atoms with Crippen LogP contribution in [0.15, 0.2) is 90.0 Å². The second kappa shape index (κ2) is 10.9. The number of phenolic OH excluding ortho intramolecular Hbond substituents is 1. The van der Waals surface area contributed by atoms with Crippen LogP contribution < -0.4 is 14.9 Å². The molecule has 4 aromatic carbocycles. The molecule has 0 bridgehead atoms. The lowest BCUT2D eigenvalue weighted by Gasteiger charge is -2.12. The quantitative estimate of drug-likeness (QED) is 0.188. The van der Waals surface area contributed by atoms with E-state index in [1.54, 1.807) is 19.2 Å². The van der Waals surface area contributed by atoms with Crippen LogP contribution in [0.3, 0.4) is 0 Å². The van der Waals surface area contributed by atoms with Crippen LogP contribution in [0.4, 0.5) is 0 Å². The van der Waals surface area contributed by atoms with Crippen LogP contribution in [0.1, 0.15) is 27.2 Å². The summed E-state index contributed by atoms with van der Waals surface area (Å²) in [7, 11) is 1.58. The SMILES string of the molecule is COc1cc(-c2cc(C(=O)N/N=C/c3c(O)ccc4ccccc34)[nH]n2)ccc1OCc1ccc(C)cc1. The van der Waals surface area contributed by atoms with Gasteiger partial charge in [0.05, 0.1) is 19.0 Å². The van der Waals surface area contributed by atoms with Crippen molar-refractivity contribution in [3.05, 3.63) is 107 Å². The Balaban J connectivity index is 1.27. The standard InChI is InChI=1S/C30H26N4O4/c1-19-7-9-20(10-8-19)18-38-28-14-12-22(15-29(28)37-2)25-16-26(33-32-25)30(36)34-31-17-24-23-6-4-3-5-21(23)11-13-27(24)35/h3-17,35H,18H2,1-2H3,(H,32,33)(H,34,36)/b31-17+. The van der Waals surface area contributed by atoms with Crippen LogP contribution in [-0.2, 0) is 6.61 Å². The van der Waals surface area contributed by atoms with Crippen molar-refractivity contribution in [1.82, 2.24) is 15.6 Å². The Bertz CT molecular complexity index is 1620. The third kappa shape index (κ3) is 5.34. The number of H-pyrrole nitrogens is 1. The lowest BCUT2D eigenvalue weighted by Crippen LogP contribution is -2.18. The molecule has 0 saturated heterocycles. The van der Waals surface area contributed by atoms with E-state index in [1.807, 2.05) is 79.7 Å². The van der Waals surface area contributed by atoms with E-state index in [-0.39, 0.29) is 11.4 Å². The van der Waals surface area contributed by atoms with Gasteiger partial charge in [0.25, 0.3) is 5.91 Å². The summed E-state index contributed by atoms with van der Waals surface area (Å²) in [5.41, 5.74) is 6.80. The minimum atomic E-state index is -0.468. The van der Waals surface area contributed by atoms with Gasteiger partial charge in [-0.1, -0.05) is 60.2 Å². The van der Waals surface area contributed by atoms with Gasteiger partial charge in [-0.2, -0.15) is 10.2 Å². The second-order valence-corrected chi connectivity index (χ2v) is 8.73. The topological polar surface area (TPSA) is 109 Å². The van der Waals surface area contributed by atoms with E-state index in [0.29, 0.717) is 29.4 Å². The van der Waals surface area contributed by atoms with Crippen molar-refractivity contribution in [2.24, 2.45) is 5.10 Å². The van der Waals surface area contributed by atoms with Gasteiger partial charge in [0.15, 0.2) is 11.5 Å². The highest BCUT2D eigenvalue weighted by Crippen LogP contribution is 2.32. The van der Waals surface area contributed by atoms with Crippen molar-refractivity contribution in [1.29, 1.82) is 0 Å². The average Bonchev–Trinajstić information content (AvgIpc) is 3.44. The summed E-state index contributed by atoms with van der Waals surface area (Å²) in [6.07, 6.45) is 1.42. The fourth-order valence-corrected chi connectivity index (χ4v) is 4.01. The van der Waals surface area contributed by atoms with E-state index in [0.717, 1.165) is 21.9 Å². The maximum atomic E-state index is 12.6. The molecule has 0 atom stereocenters. The van der Waals surface area contributed by atoms with Crippen LogP contribution in [-0.4, -0.2) is 34.5 Å². The van der Waals surface area contributed by atoms with Gasteiger partial charge in [-0.25, -0.2) is 5.43 Å². The largest absolute Gasteiger partial charge is 0.507 e. The molecule has 1 aromatic heterocycles. The van der Waals surface area contributed by atoms with E-state index in [4.69, 9.17) is 9.47 Å². The molecule has 38 heavy (non-hydrogen) atoms. The van der Waals surface area contributed by atoms with Gasteiger partial charge < -0.3 is 14.6 Å². The maximum absolute atomic E-state index is 12.6. The summed E-state index contributed by atoms with van der Waals surface area (Å²) in [6.45, 7) is 2.46. The minimum absolute atomic E-state index is 0.0748. The van der Waals surface area contributed by atoms with Crippen molar-refractivity contribution < 1.29 is 19.4 Å². The van der Waals surface area contributed by atoms with Crippen molar-refractivity contribution in [3.8, 4) is 28.5 Å². The van der Waals surface area contributed by atoms with Crippen LogP contribution >= 0.6 is 0 Å². The first-order valence-corrected chi connectivity index (χ1v) is 12.0. The number of hydrazone groups is 1. The van der Waals surface area contributed by atoms with Crippen LogP contribution in [0.5, 0.6) is 17.2 Å². The van der Waals surface area contributed by atoms with E-state index < -0.39 is 5.91 Å². The zero-order valence-electron chi connectivity index (χ0n) is 20.9. The minimum Gasteiger partial charge on any atom is -0.507 e. The molecule has 5 rings (SSSR count). The number of aromatic hydroxyl groups is 1. The van der Waals surface area contributed by atoms with Gasteiger partial charge in [0.2, 0.25) is 0 Å². The molecule has 190 valence electrons. The predicted octanol–water partition coefficient (Wildman–Crippen LogP) is 5.60. The normalized spacial score (nSPS) is 11.1. The predicted molar refractivity (Wildman–Crippen MR) is 147 cm³/mol. The number of carbonyl (C=O) groups excluding carboxylic acids is 1. The highest BCUT2D eigenvalue weighted by Gasteiger charge is 2.14. The molecule has 0 fully saturated rings. The number of benzene rings is 4. The first kappa shape index (κ1) is 24.6. The molecule has 0 spiro atoms. The molecule has 8 nitrogen and oxygen atoms in total. The van der Waals surface area contributed by atoms with Crippen molar-refractivity contribution >= 4 is 22.9 Å². The second-order valence-electron chi connectivity index (χ2n) is 8.73. The fourth-order valence-electron chi connectivity index (χ4n) is 4.01. The van der Waals surface area contributed by atoms with E-state index in [1.165, 1.54) is 11.8 Å². The number of aromatic nitrogens is 2. The molecule has 0 aliphatic heterocycles. The lowest BCUT2D eigenvalue weighted by atomic mass is 10.0. The third-order valence-corrected chi connectivity index (χ3v) is 6.10. The number of methoxy groups -OCH3 is 1. The van der Waals surface area contributed by atoms with Crippen LogP contribution in [0.25, 0.3) is 22.0 Å². The molecule has 0 radical (unpaired) electrons. The summed E-state index contributed by atoms with van der Waals surface area (Å²) >= 11 is 0. The van der Waals surface area contributed by atoms with Crippen LogP contribution in [0.2, 0.25) is 0 Å². The first-order valence-electron chi connectivity index (χ1n) is 12.0. The van der Waals surface area contributed by atoms with Crippen LogP contribution in [0, 0.1) is 6.92 Å². The smallest absolute Gasteiger partial charge is 0.289 e. The van der Waals surface area contributed by atoms with E-state index >= 15 is 0 Å². The van der Waals surface area contributed by atoms with Gasteiger partial charge >= 0.3 is 0 Å². The van der Waals surface area contributed by atoms with Crippen molar-refractivity contribution in [3.63, 3.8) is 0 Å². The Kier molecular flexibility index (Phi) is 7.04. The molecule has 5 aromatic rings. The number of hydrogen-bond donors (Lipinski definition) is 3. The highest BCUT2D eigenvalue weighted by molar-refractivity contribution is 6.03. The first-order chi connectivity index (χ1) is 18.5. The average molecular weight is 507 g/mol. The van der Waals surface area contributed by atoms with Gasteiger partial charge in [0.1, 0.15) is 18.1 Å². The number of hydrogen-bond acceptors (Lipinski definition) is 6. The third-order valence-electron chi connectivity index (χ3n) is 6.10. The highest BCUT2D eigenvalue weighted by atomic mass is 16.5. The number of carbonyl (C=O) groups is 1.